The first kappa shape index (κ1) is 101. The van der Waals surface area contributed by atoms with E-state index >= 15 is 24.0 Å². The number of nitrogens with one attached hydrogen (secondary N) is 12. The predicted molar refractivity (Wildman–Crippen MR) is 449 cm³/mol. The van der Waals surface area contributed by atoms with Gasteiger partial charge in [0.1, 0.15) is 66.2 Å². The molecule has 13 atom stereocenters. The van der Waals surface area contributed by atoms with Crippen molar-refractivity contribution < 1.29 is 127 Å². The first-order valence-electron chi connectivity index (χ1n) is 40.6. The van der Waals surface area contributed by atoms with E-state index < -0.39 is 237 Å². The number of rotatable bonds is 36. The van der Waals surface area contributed by atoms with Gasteiger partial charge in [0, 0.05) is 120 Å². The number of nitrogens with zero attached hydrogens (tertiary/aromatic N) is 5. The summed E-state index contributed by atoms with van der Waals surface area (Å²) in [6, 6.07) is 2.56. The van der Waals surface area contributed by atoms with Crippen LogP contribution in [0.3, 0.4) is 0 Å². The van der Waals surface area contributed by atoms with E-state index in [1.165, 1.54) is 36.1 Å². The van der Waals surface area contributed by atoms with Crippen LogP contribution >= 0.6 is 21.6 Å². The number of aliphatic hydroxyl groups is 3. The predicted octanol–water partition coefficient (Wildman–Crippen LogP) is -5.38. The minimum absolute atomic E-state index is 0.00384. The molecule has 7 rings (SSSR count). The third-order valence-electron chi connectivity index (χ3n) is 20.8. The summed E-state index contributed by atoms with van der Waals surface area (Å²) in [6.07, 6.45) is -3.79. The highest BCUT2D eigenvalue weighted by atomic mass is 33.1. The van der Waals surface area contributed by atoms with Crippen molar-refractivity contribution in [3.63, 3.8) is 0 Å². The SMILES string of the molecule is CC(O)[C@H](NC(=O)[C@@H]1CSSC[C@H](NC(=O)[C@@H](Cc2ccccc2)NC(=O)CN2CCN(CC(=O)O)CCN(CC(=O)O)CCN(CC(=O)O)CC2)C(=O)N[C@@H](Cc2ccc(O)cc2)C(=O)N[C@H](Cc2c[nH]c3ccccc23)C(=O)N[C@@H](CCCCNC(=O)[C@@H]2CCCN2C(=O)[C@@H](C)NC(=O)[C@H](CO)NC(=O)CCC(=O)O)C(=O)N[C@@H](C(C)O)C(=O)N1)C(=O)O. The number of H-pyrrole nitrogens is 1. The minimum Gasteiger partial charge on any atom is -0.508 e. The smallest absolute Gasteiger partial charge is 0.328 e. The molecule has 1 aromatic heterocycles. The fourth-order valence-electron chi connectivity index (χ4n) is 14.0. The van der Waals surface area contributed by atoms with Gasteiger partial charge in [0.05, 0.1) is 51.4 Å². The van der Waals surface area contributed by atoms with Gasteiger partial charge in [-0.3, -0.25) is 96.3 Å². The molecule has 0 saturated carbocycles. The average Bonchev–Trinajstić information content (AvgIpc) is 1.72. The molecule has 2 unspecified atom stereocenters. The highest BCUT2D eigenvalue weighted by Crippen LogP contribution is 2.26. The minimum atomic E-state index is -2.00. The van der Waals surface area contributed by atoms with Crippen LogP contribution in [0.25, 0.3) is 10.9 Å². The van der Waals surface area contributed by atoms with Gasteiger partial charge in [-0.15, -0.1) is 0 Å². The number of hydrogen-bond acceptors (Lipinski definition) is 27. The maximum absolute atomic E-state index is 15.5. The Morgan fingerprint density at radius 1 is 0.528 bits per heavy atom. The van der Waals surface area contributed by atoms with Crippen molar-refractivity contribution in [2.24, 2.45) is 0 Å². The monoisotopic (exact) mass is 1790 g/mol. The lowest BCUT2D eigenvalue weighted by molar-refractivity contribution is -0.145. The first-order valence-corrected chi connectivity index (χ1v) is 43.1. The number of hydrogen-bond donors (Lipinski definition) is 21. The van der Waals surface area contributed by atoms with Crippen LogP contribution in [-0.2, 0) is 101 Å². The van der Waals surface area contributed by atoms with E-state index in [0.717, 1.165) is 35.4 Å². The van der Waals surface area contributed by atoms with E-state index in [1.54, 1.807) is 80.4 Å². The number of aromatic hydroxyl groups is 1. The first-order chi connectivity index (χ1) is 59.4. The summed E-state index contributed by atoms with van der Waals surface area (Å²) in [4.78, 5) is 244. The Bertz CT molecular complexity index is 4380. The Hall–Kier alpha value is -11.6. The van der Waals surface area contributed by atoms with Gasteiger partial charge in [-0.05, 0) is 87.8 Å². The van der Waals surface area contributed by atoms with Crippen molar-refractivity contribution >= 4 is 133 Å². The molecule has 3 aliphatic rings. The third-order valence-corrected chi connectivity index (χ3v) is 23.2. The number of carbonyl (C=O) groups excluding carboxylic acids is 12. The molecular formula is C80H111N17O26S2. The molecule has 125 heavy (non-hydrogen) atoms. The zero-order valence-corrected chi connectivity index (χ0v) is 70.8. The summed E-state index contributed by atoms with van der Waals surface area (Å²) in [5.41, 5.74) is 1.86. The highest BCUT2D eigenvalue weighted by Gasteiger charge is 2.41. The van der Waals surface area contributed by atoms with E-state index in [-0.39, 0.29) is 116 Å². The maximum Gasteiger partial charge on any atom is 0.328 e. The number of aromatic amines is 1. The van der Waals surface area contributed by atoms with Gasteiger partial charge in [-0.2, -0.15) is 0 Å². The highest BCUT2D eigenvalue weighted by molar-refractivity contribution is 8.76. The Labute approximate surface area is 726 Å². The Balaban J connectivity index is 1.22. The number of aliphatic hydroxyl groups excluding tert-OH is 3. The van der Waals surface area contributed by atoms with Crippen LogP contribution in [0.4, 0.5) is 0 Å². The fourth-order valence-corrected chi connectivity index (χ4v) is 16.4. The second-order valence-corrected chi connectivity index (χ2v) is 33.2. The molecule has 4 heterocycles. The fraction of sp³-hybridized carbons (Fsp3) is 0.537. The molecular weight excluding hydrogens is 1680 g/mol. The molecule has 3 aliphatic heterocycles. The number of aromatic nitrogens is 1. The van der Waals surface area contributed by atoms with E-state index in [9.17, 15) is 98.4 Å². The summed E-state index contributed by atoms with van der Waals surface area (Å²) in [6.45, 7) is 1.07. The van der Waals surface area contributed by atoms with Crippen LogP contribution in [0, 0.1) is 0 Å². The van der Waals surface area contributed by atoms with E-state index in [4.69, 9.17) is 5.11 Å². The molecule has 43 nitrogen and oxygen atoms in total. The van der Waals surface area contributed by atoms with Crippen LogP contribution in [0.2, 0.25) is 0 Å². The van der Waals surface area contributed by atoms with Gasteiger partial charge in [0.2, 0.25) is 70.9 Å². The summed E-state index contributed by atoms with van der Waals surface area (Å²) < 4.78 is 0. The van der Waals surface area contributed by atoms with E-state index in [2.05, 4.69) is 63.5 Å². The number of carboxylic acid groups (broad SMARTS) is 5. The molecule has 684 valence electrons. The van der Waals surface area contributed by atoms with Gasteiger partial charge in [-0.25, -0.2) is 4.79 Å². The largest absolute Gasteiger partial charge is 0.508 e. The summed E-state index contributed by atoms with van der Waals surface area (Å²) in [7, 11) is 1.55. The van der Waals surface area contributed by atoms with Crippen molar-refractivity contribution in [1.82, 2.24) is 88.0 Å². The zero-order valence-electron chi connectivity index (χ0n) is 69.2. The Kier molecular flexibility index (Phi) is 40.5. The molecule has 3 fully saturated rings. The number of unbranched alkanes of at least 4 members (excludes halogenated alkanes) is 1. The molecule has 0 bridgehead atoms. The molecule has 4 aromatic rings. The molecule has 12 amide bonds. The van der Waals surface area contributed by atoms with Crippen LogP contribution in [0.5, 0.6) is 5.75 Å². The number of phenols is 1. The summed E-state index contributed by atoms with van der Waals surface area (Å²) in [5, 5.41) is 119. The number of benzene rings is 3. The van der Waals surface area contributed by atoms with Crippen LogP contribution < -0.4 is 58.5 Å². The Morgan fingerprint density at radius 2 is 1.08 bits per heavy atom. The molecule has 45 heteroatoms. The molecule has 3 aromatic carbocycles. The van der Waals surface area contributed by atoms with Crippen molar-refractivity contribution in [3.05, 3.63) is 102 Å². The lowest BCUT2D eigenvalue weighted by Gasteiger charge is -2.33. The summed E-state index contributed by atoms with van der Waals surface area (Å²) in [5.74, 6) is -19.5. The third kappa shape index (κ3) is 33.4. The molecule has 0 radical (unpaired) electrons. The molecule has 21 N–H and O–H groups in total. The number of phenolic OH excluding ortho intramolecular Hbond substituents is 1. The standard InChI is InChI=1S/C80H111N17O26S2/c1-45(83-74(116)58(42-98)85-62(102)22-23-64(104)105)79(121)97-25-11-17-61(97)77(119)81-24-10-9-16-54-70(112)91-68(46(2)99)78(120)90-60(76(118)92-69(47(3)100)80(122)123)44-125-124-43-59(75(117)87-56(35-49-18-20-51(101)21-19-49)72(114)88-57(73(115)86-54)36-50-37-82-53-15-8-7-14-52(50)53)89-71(113)55(34-48-12-5-4-6-13-48)84-63(103)38-93-26-28-94(39-65(106)107)30-32-96(41-67(110)111)33-31-95(29-27-93)40-66(108)109/h4-8,12-15,18-21,37,45-47,54-61,68-69,82,98-101H,9-11,16-17,22-36,38-44H2,1-3H3,(H,81,119)(H,83,116)(H,84,103)(H,85,102)(H,86,115)(H,87,117)(H,88,114)(H,89,113)(H,90,120)(H,91,112)(H,92,118)(H,104,105)(H,106,107)(H,108,109)(H,110,111)(H,122,123)/t45-,46?,47?,54+,55-,56+,57-,58+,59+,60+,61+,68+,69+/m1/s1. The zero-order chi connectivity index (χ0) is 91.6. The number of fused-ring (bicyclic) bond motifs is 1. The van der Waals surface area contributed by atoms with Crippen LogP contribution in [0.15, 0.2) is 85.1 Å². The number of carboxylic acids is 5. The van der Waals surface area contributed by atoms with Crippen molar-refractivity contribution in [1.29, 1.82) is 0 Å². The van der Waals surface area contributed by atoms with E-state index in [0.29, 0.717) is 34.0 Å². The van der Waals surface area contributed by atoms with E-state index in [1.807, 2.05) is 0 Å². The molecule has 0 aliphatic carbocycles. The molecule has 0 spiro atoms. The summed E-state index contributed by atoms with van der Waals surface area (Å²) >= 11 is 0. The molecule has 3 saturated heterocycles. The van der Waals surface area contributed by atoms with Crippen molar-refractivity contribution in [3.8, 4) is 5.75 Å². The maximum atomic E-state index is 15.5. The second-order valence-electron chi connectivity index (χ2n) is 30.6. The number of amides is 12. The number of para-hydroxylation sites is 1. The normalized spacial score (nSPS) is 21.4. The van der Waals surface area contributed by atoms with Crippen LogP contribution in [0.1, 0.15) is 82.4 Å². The van der Waals surface area contributed by atoms with Crippen LogP contribution in [-0.4, -0.2) is 365 Å². The number of carbonyl (C=O) groups is 17. The van der Waals surface area contributed by atoms with Gasteiger partial charge in [-0.1, -0.05) is 82.3 Å². The lowest BCUT2D eigenvalue weighted by atomic mass is 10.0. The van der Waals surface area contributed by atoms with Gasteiger partial charge in [0.25, 0.3) is 0 Å². The quantitative estimate of drug-likeness (QED) is 0.0149. The average molecular weight is 1790 g/mol. The Morgan fingerprint density at radius 3 is 1.66 bits per heavy atom. The van der Waals surface area contributed by atoms with Gasteiger partial charge < -0.3 is 114 Å². The van der Waals surface area contributed by atoms with Crippen molar-refractivity contribution in [2.75, 3.05) is 110 Å². The van der Waals surface area contributed by atoms with Crippen molar-refractivity contribution in [2.45, 2.75) is 164 Å². The van der Waals surface area contributed by atoms with Gasteiger partial charge in [0.15, 0.2) is 6.04 Å². The lowest BCUT2D eigenvalue weighted by Crippen LogP contribution is -2.62. The second kappa shape index (κ2) is 50.4. The number of aliphatic carboxylic acids is 5. The van der Waals surface area contributed by atoms with Gasteiger partial charge >= 0.3 is 29.8 Å². The topological polar surface area (TPSA) is 637 Å². The number of likely N-dealkylation sites (tertiary alicyclic amines) is 1.